The van der Waals surface area contributed by atoms with Crippen molar-refractivity contribution in [3.05, 3.63) is 140 Å². The van der Waals surface area contributed by atoms with Crippen LogP contribution < -0.4 is 0 Å². The van der Waals surface area contributed by atoms with Crippen LogP contribution >= 0.6 is 0 Å². The molecule has 36 heavy (non-hydrogen) atoms. The minimum absolute atomic E-state index is 1.17. The monoisotopic (exact) mass is 457 g/mol. The fourth-order valence-corrected chi connectivity index (χ4v) is 5.53. The van der Waals surface area contributed by atoms with Gasteiger partial charge in [0.05, 0.1) is 0 Å². The second-order valence-electron chi connectivity index (χ2n) is 9.19. The summed E-state index contributed by atoms with van der Waals surface area (Å²) in [5.74, 6) is 0. The highest BCUT2D eigenvalue weighted by atomic mass is 14.6. The Balaban J connectivity index is 1.68. The molecule has 1 nitrogen and oxygen atoms in total. The SMILES string of the molecule is c1ccc(-c2cc3ccccc3cc2-c2c3ccccc3c(-c3ccccc3)c3ccncc23)cc1. The average Bonchev–Trinajstić information content (AvgIpc) is 2.96. The average molecular weight is 458 g/mol. The number of hydrogen-bond acceptors (Lipinski definition) is 1. The van der Waals surface area contributed by atoms with E-state index < -0.39 is 0 Å². The van der Waals surface area contributed by atoms with Crippen LogP contribution in [0.25, 0.3) is 65.7 Å². The highest BCUT2D eigenvalue weighted by Crippen LogP contribution is 2.46. The lowest BCUT2D eigenvalue weighted by Crippen LogP contribution is -1.93. The molecular formula is C35H23N. The van der Waals surface area contributed by atoms with E-state index in [1.54, 1.807) is 0 Å². The molecule has 7 aromatic rings. The summed E-state index contributed by atoms with van der Waals surface area (Å²) in [6, 6.07) is 45.7. The molecule has 0 fully saturated rings. The Morgan fingerprint density at radius 1 is 0.389 bits per heavy atom. The van der Waals surface area contributed by atoms with Crippen molar-refractivity contribution in [2.24, 2.45) is 0 Å². The van der Waals surface area contributed by atoms with Gasteiger partial charge in [0.1, 0.15) is 0 Å². The van der Waals surface area contributed by atoms with Gasteiger partial charge in [0, 0.05) is 17.8 Å². The summed E-state index contributed by atoms with van der Waals surface area (Å²) in [5, 5.41) is 7.36. The van der Waals surface area contributed by atoms with Crippen molar-refractivity contribution in [1.82, 2.24) is 4.98 Å². The van der Waals surface area contributed by atoms with Gasteiger partial charge in [-0.25, -0.2) is 0 Å². The zero-order valence-electron chi connectivity index (χ0n) is 19.7. The second-order valence-corrected chi connectivity index (χ2v) is 9.19. The van der Waals surface area contributed by atoms with Crippen LogP contribution in [0.3, 0.4) is 0 Å². The predicted molar refractivity (Wildman–Crippen MR) is 153 cm³/mol. The fraction of sp³-hybridized carbons (Fsp3) is 0. The summed E-state index contributed by atoms with van der Waals surface area (Å²) in [7, 11) is 0. The molecule has 0 atom stereocenters. The van der Waals surface area contributed by atoms with E-state index in [2.05, 4.69) is 132 Å². The minimum atomic E-state index is 1.17. The van der Waals surface area contributed by atoms with Crippen molar-refractivity contribution in [1.29, 1.82) is 0 Å². The molecule has 7 rings (SSSR count). The van der Waals surface area contributed by atoms with Crippen LogP contribution in [0.5, 0.6) is 0 Å². The quantitative estimate of drug-likeness (QED) is 0.241. The van der Waals surface area contributed by atoms with Crippen LogP contribution in [0, 0.1) is 0 Å². The topological polar surface area (TPSA) is 12.9 Å². The van der Waals surface area contributed by atoms with E-state index in [0.29, 0.717) is 0 Å². The zero-order chi connectivity index (χ0) is 23.9. The van der Waals surface area contributed by atoms with Gasteiger partial charge in [0.25, 0.3) is 0 Å². The molecule has 0 bridgehead atoms. The standard InChI is InChI=1S/C35H23N/c1-3-11-24(12-4-1)31-21-26-15-7-8-16-27(26)22-32(31)35-29-18-10-9-17-28(29)34(25-13-5-2-6-14-25)30-19-20-36-23-33(30)35/h1-23H. The number of pyridine rings is 1. The van der Waals surface area contributed by atoms with E-state index in [1.165, 1.54) is 65.7 Å². The normalized spacial score (nSPS) is 11.3. The first-order chi connectivity index (χ1) is 17.9. The Kier molecular flexibility index (Phi) is 4.85. The van der Waals surface area contributed by atoms with Gasteiger partial charge in [-0.3, -0.25) is 4.98 Å². The Morgan fingerprint density at radius 2 is 0.917 bits per heavy atom. The molecule has 0 saturated heterocycles. The van der Waals surface area contributed by atoms with Crippen molar-refractivity contribution in [2.45, 2.75) is 0 Å². The van der Waals surface area contributed by atoms with E-state index in [1.807, 2.05) is 12.4 Å². The van der Waals surface area contributed by atoms with Crippen molar-refractivity contribution < 1.29 is 0 Å². The van der Waals surface area contributed by atoms with Crippen LogP contribution in [0.4, 0.5) is 0 Å². The number of hydrogen-bond donors (Lipinski definition) is 0. The summed E-state index contributed by atoms with van der Waals surface area (Å²) in [4.78, 5) is 4.61. The Labute approximate surface area is 210 Å². The second kappa shape index (κ2) is 8.48. The maximum atomic E-state index is 4.61. The summed E-state index contributed by atoms with van der Waals surface area (Å²) in [6.07, 6.45) is 3.94. The molecule has 0 spiro atoms. The molecule has 1 heteroatoms. The van der Waals surface area contributed by atoms with Crippen LogP contribution in [0.1, 0.15) is 0 Å². The predicted octanol–water partition coefficient (Wildman–Crippen LogP) is 9.54. The third-order valence-electron chi connectivity index (χ3n) is 7.13. The molecule has 0 aliphatic rings. The van der Waals surface area contributed by atoms with E-state index in [9.17, 15) is 0 Å². The smallest absolute Gasteiger partial charge is 0.0353 e. The van der Waals surface area contributed by atoms with Gasteiger partial charge in [-0.1, -0.05) is 109 Å². The third-order valence-corrected chi connectivity index (χ3v) is 7.13. The largest absolute Gasteiger partial charge is 0.264 e. The summed E-state index contributed by atoms with van der Waals surface area (Å²) in [5.41, 5.74) is 7.39. The molecule has 0 aliphatic heterocycles. The fourth-order valence-electron chi connectivity index (χ4n) is 5.53. The van der Waals surface area contributed by atoms with Crippen molar-refractivity contribution in [2.75, 3.05) is 0 Å². The Hall–Kier alpha value is -4.75. The lowest BCUT2D eigenvalue weighted by Gasteiger charge is -2.20. The molecule has 1 aromatic heterocycles. The van der Waals surface area contributed by atoms with Gasteiger partial charge in [-0.2, -0.15) is 0 Å². The molecule has 0 unspecified atom stereocenters. The number of fused-ring (bicyclic) bond motifs is 3. The lowest BCUT2D eigenvalue weighted by molar-refractivity contribution is 1.37. The Bertz CT molecular complexity index is 1810. The molecule has 6 aromatic carbocycles. The summed E-state index contributed by atoms with van der Waals surface area (Å²) in [6.45, 7) is 0. The van der Waals surface area contributed by atoms with Crippen molar-refractivity contribution >= 4 is 32.3 Å². The van der Waals surface area contributed by atoms with E-state index in [0.717, 1.165) is 0 Å². The van der Waals surface area contributed by atoms with Gasteiger partial charge >= 0.3 is 0 Å². The molecule has 0 amide bonds. The molecular weight excluding hydrogens is 434 g/mol. The van der Waals surface area contributed by atoms with Gasteiger partial charge in [0.2, 0.25) is 0 Å². The summed E-state index contributed by atoms with van der Waals surface area (Å²) >= 11 is 0. The molecule has 0 N–H and O–H groups in total. The molecule has 0 aliphatic carbocycles. The van der Waals surface area contributed by atoms with Crippen molar-refractivity contribution in [3.63, 3.8) is 0 Å². The summed E-state index contributed by atoms with van der Waals surface area (Å²) < 4.78 is 0. The van der Waals surface area contributed by atoms with Gasteiger partial charge < -0.3 is 0 Å². The number of aromatic nitrogens is 1. The highest BCUT2D eigenvalue weighted by Gasteiger charge is 2.19. The van der Waals surface area contributed by atoms with Crippen molar-refractivity contribution in [3.8, 4) is 33.4 Å². The number of benzene rings is 6. The van der Waals surface area contributed by atoms with E-state index >= 15 is 0 Å². The van der Waals surface area contributed by atoms with Crippen LogP contribution in [0.15, 0.2) is 140 Å². The first kappa shape index (κ1) is 20.6. The van der Waals surface area contributed by atoms with Gasteiger partial charge in [0.15, 0.2) is 0 Å². The maximum Gasteiger partial charge on any atom is 0.0353 e. The lowest BCUT2D eigenvalue weighted by atomic mass is 9.83. The van der Waals surface area contributed by atoms with Crippen LogP contribution in [0.2, 0.25) is 0 Å². The number of rotatable bonds is 3. The van der Waals surface area contributed by atoms with E-state index in [4.69, 9.17) is 0 Å². The molecule has 168 valence electrons. The van der Waals surface area contributed by atoms with Crippen LogP contribution in [-0.2, 0) is 0 Å². The first-order valence-electron chi connectivity index (χ1n) is 12.3. The molecule has 0 radical (unpaired) electrons. The zero-order valence-corrected chi connectivity index (χ0v) is 19.7. The minimum Gasteiger partial charge on any atom is -0.264 e. The third kappa shape index (κ3) is 3.29. The Morgan fingerprint density at radius 3 is 1.61 bits per heavy atom. The van der Waals surface area contributed by atoms with Gasteiger partial charge in [-0.15, -0.1) is 0 Å². The molecule has 0 saturated carbocycles. The first-order valence-corrected chi connectivity index (χ1v) is 12.3. The van der Waals surface area contributed by atoms with Crippen LogP contribution in [-0.4, -0.2) is 4.98 Å². The maximum absolute atomic E-state index is 4.61. The highest BCUT2D eigenvalue weighted by molar-refractivity contribution is 6.22. The van der Waals surface area contributed by atoms with Gasteiger partial charge in [-0.05, 0) is 78.5 Å². The van der Waals surface area contributed by atoms with E-state index in [-0.39, 0.29) is 0 Å². The number of nitrogens with zero attached hydrogens (tertiary/aromatic N) is 1. The molecule has 1 heterocycles.